The van der Waals surface area contributed by atoms with Crippen LogP contribution in [0.4, 0.5) is 17.1 Å². The molecule has 1 nitrogen and oxygen atoms in total. The summed E-state index contributed by atoms with van der Waals surface area (Å²) in [4.78, 5) is 5.17. The minimum Gasteiger partial charge on any atom is -0.308 e. The molecule has 0 amide bonds. The summed E-state index contributed by atoms with van der Waals surface area (Å²) in [5.74, 6) is 0. The second kappa shape index (κ2) is 6.50. The lowest BCUT2D eigenvalue weighted by Crippen LogP contribution is -2.16. The highest BCUT2D eigenvalue weighted by Gasteiger charge is 2.29. The minimum absolute atomic E-state index is 0.981. The maximum Gasteiger partial charge on any atom is 0.0611 e. The molecule has 0 N–H and O–H groups in total. The van der Waals surface area contributed by atoms with Crippen molar-refractivity contribution >= 4 is 56.4 Å². The molecule has 0 radical (unpaired) electrons. The van der Waals surface area contributed by atoms with Gasteiger partial charge in [0.25, 0.3) is 0 Å². The van der Waals surface area contributed by atoms with E-state index in [1.54, 1.807) is 0 Å². The first-order valence-electron chi connectivity index (χ1n) is 10.7. The molecular weight excluding hydrogens is 394 g/mol. The van der Waals surface area contributed by atoms with E-state index in [1.807, 2.05) is 11.8 Å². The van der Waals surface area contributed by atoms with Gasteiger partial charge in [0.2, 0.25) is 0 Å². The third-order valence-electron chi connectivity index (χ3n) is 6.42. The SMILES string of the molecule is C1=Cc2cccc3cc4c(c(c23)C1)Sc1ccccc1N4c1cccc2ccccc12. The van der Waals surface area contributed by atoms with Gasteiger partial charge in [-0.25, -0.2) is 0 Å². The first kappa shape index (κ1) is 17.2. The number of hydrogen-bond donors (Lipinski definition) is 0. The zero-order chi connectivity index (χ0) is 20.4. The number of hydrogen-bond acceptors (Lipinski definition) is 2. The summed E-state index contributed by atoms with van der Waals surface area (Å²) in [6.07, 6.45) is 5.56. The van der Waals surface area contributed by atoms with Crippen LogP contribution in [0.2, 0.25) is 0 Å². The lowest BCUT2D eigenvalue weighted by atomic mass is 9.91. The highest BCUT2D eigenvalue weighted by Crippen LogP contribution is 2.55. The van der Waals surface area contributed by atoms with Gasteiger partial charge in [0.05, 0.1) is 17.1 Å². The molecule has 0 saturated carbocycles. The van der Waals surface area contributed by atoms with Crippen molar-refractivity contribution in [2.24, 2.45) is 0 Å². The normalized spacial score (nSPS) is 14.0. The van der Waals surface area contributed by atoms with Gasteiger partial charge in [-0.1, -0.05) is 90.6 Å². The van der Waals surface area contributed by atoms with Gasteiger partial charge < -0.3 is 4.90 Å². The lowest BCUT2D eigenvalue weighted by Gasteiger charge is -2.35. The van der Waals surface area contributed by atoms with Crippen LogP contribution in [0.5, 0.6) is 0 Å². The fourth-order valence-electron chi connectivity index (χ4n) is 5.09. The van der Waals surface area contributed by atoms with Crippen LogP contribution in [0.1, 0.15) is 11.1 Å². The second-order valence-electron chi connectivity index (χ2n) is 8.16. The third kappa shape index (κ3) is 2.46. The van der Waals surface area contributed by atoms with E-state index in [0.29, 0.717) is 0 Å². The smallest absolute Gasteiger partial charge is 0.0611 e. The number of para-hydroxylation sites is 1. The lowest BCUT2D eigenvalue weighted by molar-refractivity contribution is 1.12. The second-order valence-corrected chi connectivity index (χ2v) is 9.21. The van der Waals surface area contributed by atoms with E-state index in [9.17, 15) is 0 Å². The van der Waals surface area contributed by atoms with Crippen LogP contribution >= 0.6 is 11.8 Å². The Balaban J connectivity index is 1.60. The van der Waals surface area contributed by atoms with E-state index in [0.717, 1.165) is 6.42 Å². The molecule has 1 aliphatic heterocycles. The summed E-state index contributed by atoms with van der Waals surface area (Å²) in [6.45, 7) is 0. The molecule has 7 rings (SSSR count). The Kier molecular flexibility index (Phi) is 3.61. The van der Waals surface area contributed by atoms with Crippen molar-refractivity contribution in [3.05, 3.63) is 108 Å². The summed E-state index contributed by atoms with van der Waals surface area (Å²) in [5.41, 5.74) is 6.56. The van der Waals surface area contributed by atoms with Crippen LogP contribution in [0.25, 0.3) is 27.6 Å². The van der Waals surface area contributed by atoms with E-state index in [4.69, 9.17) is 0 Å². The number of rotatable bonds is 1. The zero-order valence-electron chi connectivity index (χ0n) is 16.9. The molecule has 0 saturated heterocycles. The van der Waals surface area contributed by atoms with Crippen molar-refractivity contribution in [3.63, 3.8) is 0 Å². The van der Waals surface area contributed by atoms with Gasteiger partial charge in [-0.15, -0.1) is 0 Å². The Hall–Kier alpha value is -3.49. The third-order valence-corrected chi connectivity index (χ3v) is 7.64. The first-order chi connectivity index (χ1) is 15.4. The Morgan fingerprint density at radius 1 is 0.677 bits per heavy atom. The summed E-state index contributed by atoms with van der Waals surface area (Å²) in [5, 5.41) is 5.28. The average molecular weight is 414 g/mol. The van der Waals surface area contributed by atoms with Crippen molar-refractivity contribution in [2.45, 2.75) is 16.2 Å². The maximum absolute atomic E-state index is 2.48. The molecule has 0 unspecified atom stereocenters. The van der Waals surface area contributed by atoms with Gasteiger partial charge in [0.1, 0.15) is 0 Å². The minimum atomic E-state index is 0.981. The van der Waals surface area contributed by atoms with Crippen molar-refractivity contribution < 1.29 is 0 Å². The molecule has 0 fully saturated rings. The van der Waals surface area contributed by atoms with Gasteiger partial charge in [0, 0.05) is 15.2 Å². The van der Waals surface area contributed by atoms with E-state index >= 15 is 0 Å². The predicted octanol–water partition coefficient (Wildman–Crippen LogP) is 8.50. The van der Waals surface area contributed by atoms with Crippen molar-refractivity contribution in [1.82, 2.24) is 0 Å². The van der Waals surface area contributed by atoms with Crippen LogP contribution in [0.3, 0.4) is 0 Å². The average Bonchev–Trinajstić information content (AvgIpc) is 2.83. The Morgan fingerprint density at radius 3 is 2.45 bits per heavy atom. The maximum atomic E-state index is 2.48. The Bertz CT molecular complexity index is 1540. The van der Waals surface area contributed by atoms with Crippen LogP contribution in [0.15, 0.2) is 107 Å². The monoisotopic (exact) mass is 413 g/mol. The topological polar surface area (TPSA) is 3.24 Å². The number of benzene rings is 5. The largest absolute Gasteiger partial charge is 0.308 e. The highest BCUT2D eigenvalue weighted by molar-refractivity contribution is 7.99. The number of allylic oxidation sites excluding steroid dienone is 1. The molecule has 0 bridgehead atoms. The van der Waals surface area contributed by atoms with Crippen molar-refractivity contribution in [3.8, 4) is 0 Å². The molecule has 0 aromatic heterocycles. The number of fused-ring (bicyclic) bond motifs is 4. The molecule has 31 heavy (non-hydrogen) atoms. The summed E-state index contributed by atoms with van der Waals surface area (Å²) < 4.78 is 0. The van der Waals surface area contributed by atoms with Crippen molar-refractivity contribution in [2.75, 3.05) is 4.90 Å². The molecule has 146 valence electrons. The predicted molar refractivity (Wildman–Crippen MR) is 133 cm³/mol. The van der Waals surface area contributed by atoms with Gasteiger partial charge in [-0.05, 0) is 58.0 Å². The summed E-state index contributed by atoms with van der Waals surface area (Å²) in [7, 11) is 0. The molecule has 0 spiro atoms. The zero-order valence-corrected chi connectivity index (χ0v) is 17.7. The van der Waals surface area contributed by atoms with Crippen LogP contribution in [-0.2, 0) is 6.42 Å². The quantitative estimate of drug-likeness (QED) is 0.266. The molecule has 0 atom stereocenters. The molecule has 5 aromatic carbocycles. The molecule has 5 aromatic rings. The van der Waals surface area contributed by atoms with Gasteiger partial charge in [-0.2, -0.15) is 0 Å². The Labute approximate surface area is 185 Å². The van der Waals surface area contributed by atoms with E-state index in [2.05, 4.69) is 108 Å². The molecule has 2 aliphatic rings. The van der Waals surface area contributed by atoms with Crippen LogP contribution in [0, 0.1) is 0 Å². The Morgan fingerprint density at radius 2 is 1.45 bits per heavy atom. The molecule has 2 heteroatoms. The molecular formula is C29H19NS. The standard InChI is InChI=1S/C29H19NS/c1-2-13-22-19(8-1)9-7-16-24(22)30-25-15-3-4-17-27(25)31-29-23-14-6-11-20-10-5-12-21(28(20)23)18-26(29)30/h1-13,15-18H,14H2. The first-order valence-corrected chi connectivity index (χ1v) is 11.5. The fourth-order valence-corrected chi connectivity index (χ4v) is 6.28. The number of anilines is 3. The van der Waals surface area contributed by atoms with E-state index in [1.165, 1.54) is 59.5 Å². The van der Waals surface area contributed by atoms with Crippen molar-refractivity contribution in [1.29, 1.82) is 0 Å². The van der Waals surface area contributed by atoms with E-state index in [-0.39, 0.29) is 0 Å². The summed E-state index contributed by atoms with van der Waals surface area (Å²) >= 11 is 1.92. The molecule has 1 heterocycles. The highest BCUT2D eigenvalue weighted by atomic mass is 32.2. The fraction of sp³-hybridized carbons (Fsp3) is 0.0345. The van der Waals surface area contributed by atoms with Crippen LogP contribution < -0.4 is 4.90 Å². The number of nitrogens with zero attached hydrogens (tertiary/aromatic N) is 1. The van der Waals surface area contributed by atoms with Gasteiger partial charge >= 0.3 is 0 Å². The summed E-state index contributed by atoms with van der Waals surface area (Å²) in [6, 6.07) is 33.2. The van der Waals surface area contributed by atoms with Gasteiger partial charge in [-0.3, -0.25) is 0 Å². The van der Waals surface area contributed by atoms with E-state index < -0.39 is 0 Å². The van der Waals surface area contributed by atoms with Crippen LogP contribution in [-0.4, -0.2) is 0 Å². The molecule has 1 aliphatic carbocycles. The van der Waals surface area contributed by atoms with Gasteiger partial charge in [0.15, 0.2) is 0 Å².